The van der Waals surface area contributed by atoms with Gasteiger partial charge in [0.1, 0.15) is 5.52 Å². The number of nitrogens with zero attached hydrogens (tertiary/aromatic N) is 3. The molecule has 0 amide bonds. The van der Waals surface area contributed by atoms with Crippen LogP contribution < -0.4 is 10.6 Å². The third-order valence-corrected chi connectivity index (χ3v) is 4.57. The van der Waals surface area contributed by atoms with E-state index in [9.17, 15) is 4.79 Å². The number of carbonyl (C=O) groups excluding carboxylic acids is 1. The van der Waals surface area contributed by atoms with Crippen molar-refractivity contribution in [1.82, 2.24) is 15.0 Å². The number of methoxy groups -OCH3 is 1. The lowest BCUT2D eigenvalue weighted by atomic mass is 10.1. The zero-order chi connectivity index (χ0) is 20.2. The lowest BCUT2D eigenvalue weighted by Gasteiger charge is -2.13. The van der Waals surface area contributed by atoms with Crippen LogP contribution in [-0.4, -0.2) is 41.0 Å². The normalized spacial score (nSPS) is 11.0. The number of nitrogens with one attached hydrogen (secondary N) is 2. The highest BCUT2D eigenvalue weighted by Gasteiger charge is 2.13. The van der Waals surface area contributed by atoms with Crippen LogP contribution in [0.15, 0.2) is 54.7 Å². The number of Topliss-reactive ketones (excluding diaryl/α,β-unsaturated/α-hetero) is 1. The molecule has 4 aromatic rings. The minimum atomic E-state index is 0.000284. The largest absolute Gasteiger partial charge is 0.383 e. The van der Waals surface area contributed by atoms with Crippen molar-refractivity contribution >= 4 is 45.0 Å². The molecule has 7 heteroatoms. The predicted octanol–water partition coefficient (Wildman–Crippen LogP) is 4.18. The van der Waals surface area contributed by atoms with E-state index in [1.165, 1.54) is 0 Å². The van der Waals surface area contributed by atoms with Gasteiger partial charge in [0.2, 0.25) is 5.95 Å². The maximum Gasteiger partial charge on any atom is 0.223 e. The summed E-state index contributed by atoms with van der Waals surface area (Å²) in [6.45, 7) is 2.71. The Morgan fingerprint density at radius 3 is 2.66 bits per heavy atom. The van der Waals surface area contributed by atoms with E-state index in [0.29, 0.717) is 41.5 Å². The smallest absolute Gasteiger partial charge is 0.223 e. The Labute approximate surface area is 168 Å². The lowest BCUT2D eigenvalue weighted by Crippen LogP contribution is -2.10. The topological polar surface area (TPSA) is 89.0 Å². The number of hydrogen-bond donors (Lipinski definition) is 2. The van der Waals surface area contributed by atoms with E-state index in [-0.39, 0.29) is 5.78 Å². The van der Waals surface area contributed by atoms with Gasteiger partial charge in [-0.3, -0.25) is 4.79 Å². The molecular weight excluding hydrogens is 366 g/mol. The van der Waals surface area contributed by atoms with E-state index in [2.05, 4.69) is 20.6 Å². The number of pyridine rings is 1. The standard InChI is InChI=1S/C22H21N5O2/c1-14(28)15-8-9-17-18-13-24-22(23-10-11-29-2)27-20(18)21(26-19(17)12-15)25-16-6-4-3-5-7-16/h3-9,12-13H,10-11H2,1-2H3,(H,25,26)(H,23,24,27). The van der Waals surface area contributed by atoms with Gasteiger partial charge in [-0.1, -0.05) is 30.3 Å². The molecule has 0 radical (unpaired) electrons. The lowest BCUT2D eigenvalue weighted by molar-refractivity contribution is 0.101. The summed E-state index contributed by atoms with van der Waals surface area (Å²) in [7, 11) is 1.65. The molecule has 0 saturated carbocycles. The van der Waals surface area contributed by atoms with E-state index in [1.807, 2.05) is 36.4 Å². The summed E-state index contributed by atoms with van der Waals surface area (Å²) in [5.74, 6) is 1.11. The van der Waals surface area contributed by atoms with Crippen molar-refractivity contribution in [3.63, 3.8) is 0 Å². The third kappa shape index (κ3) is 4.00. The van der Waals surface area contributed by atoms with Gasteiger partial charge >= 0.3 is 0 Å². The molecule has 0 spiro atoms. The van der Waals surface area contributed by atoms with E-state index < -0.39 is 0 Å². The van der Waals surface area contributed by atoms with Crippen LogP contribution in [0.4, 0.5) is 17.5 Å². The summed E-state index contributed by atoms with van der Waals surface area (Å²) >= 11 is 0. The van der Waals surface area contributed by atoms with Crippen molar-refractivity contribution < 1.29 is 9.53 Å². The number of benzene rings is 2. The molecule has 0 aliphatic heterocycles. The summed E-state index contributed by atoms with van der Waals surface area (Å²) in [4.78, 5) is 25.7. The maximum absolute atomic E-state index is 11.8. The molecule has 2 aromatic carbocycles. The summed E-state index contributed by atoms with van der Waals surface area (Å²) in [6.07, 6.45) is 1.78. The van der Waals surface area contributed by atoms with E-state index in [0.717, 1.165) is 16.5 Å². The van der Waals surface area contributed by atoms with Crippen molar-refractivity contribution in [3.05, 3.63) is 60.3 Å². The summed E-state index contributed by atoms with van der Waals surface area (Å²) < 4.78 is 5.07. The van der Waals surface area contributed by atoms with Crippen molar-refractivity contribution in [1.29, 1.82) is 0 Å². The number of rotatable bonds is 7. The number of ketones is 1. The molecule has 0 unspecified atom stereocenters. The number of carbonyl (C=O) groups is 1. The number of fused-ring (bicyclic) bond motifs is 3. The number of hydrogen-bond acceptors (Lipinski definition) is 7. The number of anilines is 3. The van der Waals surface area contributed by atoms with Crippen molar-refractivity contribution in [2.45, 2.75) is 6.92 Å². The Hall–Kier alpha value is -3.58. The molecule has 29 heavy (non-hydrogen) atoms. The van der Waals surface area contributed by atoms with Crippen molar-refractivity contribution in [2.75, 3.05) is 30.9 Å². The molecule has 146 valence electrons. The molecular formula is C22H21N5O2. The van der Waals surface area contributed by atoms with Gasteiger partial charge in [0.05, 0.1) is 12.1 Å². The van der Waals surface area contributed by atoms with Crippen molar-refractivity contribution in [2.24, 2.45) is 0 Å². The van der Waals surface area contributed by atoms with Crippen LogP contribution in [0.1, 0.15) is 17.3 Å². The monoisotopic (exact) mass is 387 g/mol. The molecule has 2 heterocycles. The molecule has 4 rings (SSSR count). The zero-order valence-electron chi connectivity index (χ0n) is 16.3. The van der Waals surface area contributed by atoms with Crippen LogP contribution in [-0.2, 0) is 4.74 Å². The number of para-hydroxylation sites is 1. The molecule has 0 bridgehead atoms. The SMILES string of the molecule is COCCNc1ncc2c(n1)c(Nc1ccccc1)nc1cc(C(C)=O)ccc12. The number of ether oxygens (including phenoxy) is 1. The predicted molar refractivity (Wildman–Crippen MR) is 115 cm³/mol. The molecule has 7 nitrogen and oxygen atoms in total. The van der Waals surface area contributed by atoms with Gasteiger partial charge < -0.3 is 15.4 Å². The summed E-state index contributed by atoms with van der Waals surface area (Å²) in [5, 5.41) is 8.25. The van der Waals surface area contributed by atoms with Crippen molar-refractivity contribution in [3.8, 4) is 0 Å². The summed E-state index contributed by atoms with van der Waals surface area (Å²) in [6, 6.07) is 15.3. The fraction of sp³-hybridized carbons (Fsp3) is 0.182. The molecule has 0 aliphatic carbocycles. The Bertz CT molecular complexity index is 1180. The van der Waals surface area contributed by atoms with Gasteiger partial charge in [-0.2, -0.15) is 0 Å². The Morgan fingerprint density at radius 2 is 1.90 bits per heavy atom. The average Bonchev–Trinajstić information content (AvgIpc) is 2.74. The minimum absolute atomic E-state index is 0.000284. The van der Waals surface area contributed by atoms with Crippen LogP contribution in [0.3, 0.4) is 0 Å². The zero-order valence-corrected chi connectivity index (χ0v) is 16.3. The van der Waals surface area contributed by atoms with E-state index in [1.54, 1.807) is 32.4 Å². The fourth-order valence-electron chi connectivity index (χ4n) is 3.10. The molecule has 0 fully saturated rings. The van der Waals surface area contributed by atoms with Gasteiger partial charge in [0.15, 0.2) is 11.6 Å². The highest BCUT2D eigenvalue weighted by atomic mass is 16.5. The second kappa shape index (κ2) is 8.20. The van der Waals surface area contributed by atoms with Crippen LogP contribution in [0.2, 0.25) is 0 Å². The number of aromatic nitrogens is 3. The van der Waals surface area contributed by atoms with Gasteiger partial charge in [-0.25, -0.2) is 15.0 Å². The third-order valence-electron chi connectivity index (χ3n) is 4.57. The second-order valence-electron chi connectivity index (χ2n) is 6.62. The first-order valence-electron chi connectivity index (χ1n) is 9.32. The first kappa shape index (κ1) is 18.8. The first-order valence-corrected chi connectivity index (χ1v) is 9.32. The quantitative estimate of drug-likeness (QED) is 0.279. The van der Waals surface area contributed by atoms with Gasteiger partial charge in [-0.15, -0.1) is 0 Å². The molecule has 0 atom stereocenters. The van der Waals surface area contributed by atoms with Gasteiger partial charge in [-0.05, 0) is 25.1 Å². The van der Waals surface area contributed by atoms with E-state index in [4.69, 9.17) is 9.72 Å². The van der Waals surface area contributed by atoms with Crippen LogP contribution in [0.25, 0.3) is 21.8 Å². The second-order valence-corrected chi connectivity index (χ2v) is 6.62. The highest BCUT2D eigenvalue weighted by Crippen LogP contribution is 2.30. The Balaban J connectivity index is 1.88. The molecule has 0 saturated heterocycles. The van der Waals surface area contributed by atoms with Gasteiger partial charge in [0.25, 0.3) is 0 Å². The average molecular weight is 387 g/mol. The fourth-order valence-corrected chi connectivity index (χ4v) is 3.10. The van der Waals surface area contributed by atoms with Crippen LogP contribution >= 0.6 is 0 Å². The molecule has 2 N–H and O–H groups in total. The minimum Gasteiger partial charge on any atom is -0.383 e. The Kier molecular flexibility index (Phi) is 5.31. The van der Waals surface area contributed by atoms with Crippen LogP contribution in [0, 0.1) is 0 Å². The Morgan fingerprint density at radius 1 is 1.07 bits per heavy atom. The van der Waals surface area contributed by atoms with Gasteiger partial charge in [0, 0.05) is 41.9 Å². The highest BCUT2D eigenvalue weighted by molar-refractivity contribution is 6.10. The van der Waals surface area contributed by atoms with Crippen LogP contribution in [0.5, 0.6) is 0 Å². The first-order chi connectivity index (χ1) is 14.2. The molecule has 0 aliphatic rings. The summed E-state index contributed by atoms with van der Waals surface area (Å²) in [5.41, 5.74) is 2.93. The maximum atomic E-state index is 11.8. The molecule has 2 aromatic heterocycles. The van der Waals surface area contributed by atoms with E-state index >= 15 is 0 Å².